The number of pyridine rings is 1. The molecule has 53 heavy (non-hydrogen) atoms. The monoisotopic (exact) mass is 731 g/mol. The lowest BCUT2D eigenvalue weighted by Gasteiger charge is -2.39. The number of likely N-dealkylation sites (tertiary alicyclic amines) is 1. The smallest absolute Gasteiger partial charge is 0.409 e. The van der Waals surface area contributed by atoms with Crippen LogP contribution in [0.25, 0.3) is 32.9 Å². The summed E-state index contributed by atoms with van der Waals surface area (Å²) in [7, 11) is 3.35. The highest BCUT2D eigenvalue weighted by molar-refractivity contribution is 6.03. The number of halogens is 2. The lowest BCUT2D eigenvalue weighted by Crippen LogP contribution is -2.58. The highest BCUT2D eigenvalue weighted by Crippen LogP contribution is 2.48. The molecule has 0 radical (unpaired) electrons. The van der Waals surface area contributed by atoms with Gasteiger partial charge in [0.15, 0.2) is 5.82 Å². The highest BCUT2D eigenvalue weighted by atomic mass is 19.1. The van der Waals surface area contributed by atoms with Crippen molar-refractivity contribution < 1.29 is 32.9 Å². The fourth-order valence-corrected chi connectivity index (χ4v) is 8.17. The van der Waals surface area contributed by atoms with E-state index >= 15 is 8.78 Å². The van der Waals surface area contributed by atoms with E-state index in [-0.39, 0.29) is 70.7 Å². The molecule has 3 aliphatic heterocycles. The van der Waals surface area contributed by atoms with Crippen molar-refractivity contribution in [1.29, 1.82) is 0 Å². The lowest BCUT2D eigenvalue weighted by atomic mass is 9.94. The molecule has 2 N–H and O–H groups in total. The van der Waals surface area contributed by atoms with Gasteiger partial charge in [-0.2, -0.15) is 9.97 Å². The van der Waals surface area contributed by atoms with Gasteiger partial charge in [-0.15, -0.1) is 0 Å². The molecule has 8 rings (SSSR count). The number of hydrogen-bond donors (Lipinski definition) is 2. The van der Waals surface area contributed by atoms with Gasteiger partial charge in [0, 0.05) is 56.8 Å². The number of nitrogens with zero attached hydrogens (tertiary/aromatic N) is 6. The first-order valence-electron chi connectivity index (χ1n) is 18.8. The second kappa shape index (κ2) is 14.0. The zero-order valence-corrected chi connectivity index (χ0v) is 30.8. The number of carbonyl (C=O) groups is 1. The van der Waals surface area contributed by atoms with Gasteiger partial charge in [-0.3, -0.25) is 4.90 Å². The van der Waals surface area contributed by atoms with Crippen LogP contribution >= 0.6 is 0 Å². The number of rotatable bonds is 10. The molecule has 1 unspecified atom stereocenters. The van der Waals surface area contributed by atoms with Crippen LogP contribution in [-0.4, -0.2) is 114 Å². The predicted octanol–water partition coefficient (Wildman–Crippen LogP) is 5.66. The number of nitrogens with one attached hydrogen (secondary N) is 1. The minimum Gasteiger partial charge on any atom is -0.508 e. The fraction of sp³-hybridized carbons (Fsp3) is 0.538. The van der Waals surface area contributed by atoms with E-state index in [1.165, 1.54) is 23.1 Å². The Bertz CT molecular complexity index is 2060. The summed E-state index contributed by atoms with van der Waals surface area (Å²) in [5, 5.41) is 15.7. The van der Waals surface area contributed by atoms with Crippen LogP contribution in [0.15, 0.2) is 24.3 Å². The maximum atomic E-state index is 17.2. The first kappa shape index (κ1) is 35.5. The van der Waals surface area contributed by atoms with E-state index in [1.807, 2.05) is 6.92 Å². The Labute approximate surface area is 307 Å². The van der Waals surface area contributed by atoms with Crippen molar-refractivity contribution in [1.82, 2.24) is 30.1 Å². The third-order valence-electron chi connectivity index (χ3n) is 11.4. The Morgan fingerprint density at radius 3 is 2.74 bits per heavy atom. The molecule has 1 amide bonds. The van der Waals surface area contributed by atoms with E-state index in [0.29, 0.717) is 60.3 Å². The summed E-state index contributed by atoms with van der Waals surface area (Å²) < 4.78 is 50.7. The Morgan fingerprint density at radius 1 is 1.15 bits per heavy atom. The van der Waals surface area contributed by atoms with Crippen molar-refractivity contribution in [3.63, 3.8) is 0 Å². The van der Waals surface area contributed by atoms with Crippen LogP contribution in [0.2, 0.25) is 0 Å². The number of aromatic hydroxyl groups is 1. The minimum absolute atomic E-state index is 0.00432. The molecule has 4 aromatic rings. The summed E-state index contributed by atoms with van der Waals surface area (Å²) in [4.78, 5) is 32.5. The van der Waals surface area contributed by atoms with Gasteiger partial charge in [0.1, 0.15) is 47.2 Å². The molecular weight excluding hydrogens is 684 g/mol. The number of ether oxygens (including phenoxy) is 3. The van der Waals surface area contributed by atoms with E-state index in [1.54, 1.807) is 20.2 Å². The van der Waals surface area contributed by atoms with Crippen LogP contribution in [-0.2, 0) is 11.2 Å². The second-order valence-corrected chi connectivity index (χ2v) is 15.3. The number of amides is 1. The molecule has 282 valence electrons. The van der Waals surface area contributed by atoms with Gasteiger partial charge in [0.25, 0.3) is 0 Å². The molecule has 2 saturated heterocycles. The maximum absolute atomic E-state index is 17.2. The van der Waals surface area contributed by atoms with Gasteiger partial charge < -0.3 is 34.4 Å². The average Bonchev–Trinajstić information content (AvgIpc) is 3.82. The summed E-state index contributed by atoms with van der Waals surface area (Å²) in [5.41, 5.74) is 0.430. The molecule has 3 fully saturated rings. The van der Waals surface area contributed by atoms with Crippen molar-refractivity contribution in [3.8, 4) is 28.9 Å². The summed E-state index contributed by atoms with van der Waals surface area (Å²) in [6, 6.07) is 6.20. The second-order valence-electron chi connectivity index (χ2n) is 15.3. The SMILES string of the molecule is CCc1c(F)ccc2cc(O)cc(-c3nc4c5c(nc(OCC6(CN7CCC[C@H]7COC(=O)N(C)C)CC6)nc5c3F)N3C[C@@H](CC)NCC3CO4)c12. The summed E-state index contributed by atoms with van der Waals surface area (Å²) in [6.07, 6.45) is 4.83. The average molecular weight is 732 g/mol. The van der Waals surface area contributed by atoms with Crippen molar-refractivity contribution in [2.75, 3.05) is 65.0 Å². The molecule has 2 aromatic heterocycles. The van der Waals surface area contributed by atoms with Crippen LogP contribution in [0, 0.1) is 17.0 Å². The van der Waals surface area contributed by atoms with Gasteiger partial charge in [-0.1, -0.05) is 19.9 Å². The topological polar surface area (TPSA) is 125 Å². The number of phenolic OH excluding ortho intramolecular Hbond substituents is 1. The molecule has 3 atom stereocenters. The summed E-state index contributed by atoms with van der Waals surface area (Å²) in [6.45, 7) is 7.91. The van der Waals surface area contributed by atoms with E-state index in [9.17, 15) is 9.90 Å². The quantitative estimate of drug-likeness (QED) is 0.210. The van der Waals surface area contributed by atoms with Gasteiger partial charge >= 0.3 is 12.1 Å². The third-order valence-corrected chi connectivity index (χ3v) is 11.4. The first-order chi connectivity index (χ1) is 25.6. The molecule has 0 bridgehead atoms. The first-order valence-corrected chi connectivity index (χ1v) is 18.8. The molecular formula is C39H47F2N7O5. The Balaban J connectivity index is 1.18. The van der Waals surface area contributed by atoms with Crippen molar-refractivity contribution in [3.05, 3.63) is 41.5 Å². The summed E-state index contributed by atoms with van der Waals surface area (Å²) in [5.74, 6) is -0.551. The number of benzene rings is 2. The van der Waals surface area contributed by atoms with Gasteiger partial charge in [0.2, 0.25) is 5.88 Å². The Kier molecular flexibility index (Phi) is 9.38. The van der Waals surface area contributed by atoms with Crippen LogP contribution in [0.3, 0.4) is 0 Å². The van der Waals surface area contributed by atoms with E-state index in [4.69, 9.17) is 29.2 Å². The summed E-state index contributed by atoms with van der Waals surface area (Å²) >= 11 is 0. The number of aryl methyl sites for hydroxylation is 1. The standard InChI is InChI=1S/C39H47F2N7O5/c1-5-23-17-48-25(16-42-23)19-51-36-31-34(32(41)33(43-36)28-15-26(49)14-22-9-10-29(40)27(6-2)30(22)28)44-37(45-35(31)48)53-21-39(11-12-39)20-47-13-7-8-24(47)18-52-38(50)46(3)4/h9-10,14-15,23-25,42,49H,5-8,11-13,16-21H2,1-4H3/t23-,24+,25?/m1/s1. The van der Waals surface area contributed by atoms with Crippen LogP contribution in [0.4, 0.5) is 19.4 Å². The van der Waals surface area contributed by atoms with Crippen molar-refractivity contribution in [2.45, 2.75) is 70.5 Å². The lowest BCUT2D eigenvalue weighted by molar-refractivity contribution is 0.0748. The van der Waals surface area contributed by atoms with Crippen LogP contribution in [0.5, 0.6) is 17.6 Å². The number of aromatic nitrogens is 3. The van der Waals surface area contributed by atoms with E-state index in [0.717, 1.165) is 45.2 Å². The van der Waals surface area contributed by atoms with Crippen molar-refractivity contribution >= 4 is 33.6 Å². The largest absolute Gasteiger partial charge is 0.508 e. The van der Waals surface area contributed by atoms with Crippen molar-refractivity contribution in [2.24, 2.45) is 5.41 Å². The van der Waals surface area contributed by atoms with E-state index < -0.39 is 11.6 Å². The highest BCUT2D eigenvalue weighted by Gasteiger charge is 2.47. The predicted molar refractivity (Wildman–Crippen MR) is 197 cm³/mol. The molecule has 1 aliphatic carbocycles. The van der Waals surface area contributed by atoms with Crippen LogP contribution < -0.4 is 19.7 Å². The third kappa shape index (κ3) is 6.64. The molecule has 1 saturated carbocycles. The number of hydrogen-bond acceptors (Lipinski definition) is 11. The van der Waals surface area contributed by atoms with Gasteiger partial charge in [-0.25, -0.2) is 18.6 Å². The Morgan fingerprint density at radius 2 is 1.98 bits per heavy atom. The van der Waals surface area contributed by atoms with Crippen LogP contribution in [0.1, 0.15) is 51.5 Å². The van der Waals surface area contributed by atoms with Gasteiger partial charge in [-0.05, 0) is 79.6 Å². The molecule has 4 aliphatic rings. The maximum Gasteiger partial charge on any atom is 0.409 e. The molecule has 12 nitrogen and oxygen atoms in total. The zero-order chi connectivity index (χ0) is 37.0. The Hall–Kier alpha value is -4.56. The number of phenols is 1. The minimum atomic E-state index is -0.729. The molecule has 0 spiro atoms. The molecule has 14 heteroatoms. The molecule has 5 heterocycles. The number of fused-ring (bicyclic) bond motifs is 3. The fourth-order valence-electron chi connectivity index (χ4n) is 8.17. The normalized spacial score (nSPS) is 22.0. The number of anilines is 1. The zero-order valence-electron chi connectivity index (χ0n) is 30.8. The molecule has 2 aromatic carbocycles. The number of piperazine rings is 1. The van der Waals surface area contributed by atoms with E-state index in [2.05, 4.69) is 22.0 Å². The van der Waals surface area contributed by atoms with Gasteiger partial charge in [0.05, 0.1) is 12.6 Å². The number of carbonyl (C=O) groups excluding carboxylic acids is 1.